The molecule has 0 aliphatic carbocycles. The number of nitrogens with one attached hydrogen (secondary N) is 2. The summed E-state index contributed by atoms with van der Waals surface area (Å²) in [5.41, 5.74) is 0.454. The molecule has 0 saturated heterocycles. The Bertz CT molecular complexity index is 1440. The number of aromatic amines is 1. The molecule has 2 heterocycles. The Kier molecular flexibility index (Phi) is 8.33. The second kappa shape index (κ2) is 11.7. The fourth-order valence-corrected chi connectivity index (χ4v) is 3.91. The Labute approximate surface area is 223 Å². The lowest BCUT2D eigenvalue weighted by Gasteiger charge is -2.17. The molecule has 2 aromatic carbocycles. The van der Waals surface area contributed by atoms with E-state index in [9.17, 15) is 18.7 Å². The summed E-state index contributed by atoms with van der Waals surface area (Å²) in [6.07, 6.45) is 2.69. The van der Waals surface area contributed by atoms with E-state index in [0.29, 0.717) is 35.4 Å². The zero-order chi connectivity index (χ0) is 27.3. The highest BCUT2D eigenvalue weighted by Crippen LogP contribution is 2.35. The van der Waals surface area contributed by atoms with Crippen molar-refractivity contribution in [3.05, 3.63) is 88.6 Å². The van der Waals surface area contributed by atoms with Crippen molar-refractivity contribution in [1.29, 1.82) is 0 Å². The number of aromatic nitrogens is 4. The van der Waals surface area contributed by atoms with Gasteiger partial charge in [-0.1, -0.05) is 29.8 Å². The van der Waals surface area contributed by atoms with E-state index in [1.807, 2.05) is 0 Å². The average Bonchev–Trinajstić information content (AvgIpc) is 3.34. The maximum atomic E-state index is 14.6. The first kappa shape index (κ1) is 27.2. The van der Waals surface area contributed by atoms with Gasteiger partial charge >= 0.3 is 0 Å². The highest BCUT2D eigenvalue weighted by Gasteiger charge is 2.17. The minimum atomic E-state index is -0.815. The number of halogens is 3. The van der Waals surface area contributed by atoms with Crippen LogP contribution in [0.3, 0.4) is 0 Å². The fourth-order valence-electron chi connectivity index (χ4n) is 3.70. The van der Waals surface area contributed by atoms with Gasteiger partial charge in [-0.3, -0.25) is 4.79 Å². The van der Waals surface area contributed by atoms with E-state index >= 15 is 0 Å². The number of pyridine rings is 1. The first-order valence-corrected chi connectivity index (χ1v) is 12.2. The Hall–Kier alpha value is -3.89. The summed E-state index contributed by atoms with van der Waals surface area (Å²) >= 11 is 6.23. The topological polar surface area (TPSA) is 113 Å². The molecule has 0 atom stereocenters. The summed E-state index contributed by atoms with van der Waals surface area (Å²) in [5.74, 6) is -0.944. The first-order chi connectivity index (χ1) is 18.1. The van der Waals surface area contributed by atoms with Crippen LogP contribution in [0.15, 0.2) is 54.7 Å². The number of hydrogen-bond donors (Lipinski definition) is 3. The van der Waals surface area contributed by atoms with Crippen molar-refractivity contribution in [2.75, 3.05) is 11.9 Å². The number of rotatable bonds is 10. The monoisotopic (exact) mass is 541 g/mol. The van der Waals surface area contributed by atoms with Gasteiger partial charge < -0.3 is 20.1 Å². The number of ether oxygens (including phenoxy) is 1. The number of carbonyl (C=O) groups is 1. The van der Waals surface area contributed by atoms with Crippen molar-refractivity contribution >= 4 is 23.3 Å². The molecule has 8 nitrogen and oxygen atoms in total. The Morgan fingerprint density at radius 2 is 1.92 bits per heavy atom. The number of aliphatic hydroxyl groups is 1. The molecule has 4 aromatic rings. The third-order valence-corrected chi connectivity index (χ3v) is 5.96. The molecule has 11 heteroatoms. The van der Waals surface area contributed by atoms with Crippen LogP contribution in [0, 0.1) is 11.6 Å². The number of carbonyl (C=O) groups excluding carboxylic acids is 1. The van der Waals surface area contributed by atoms with Crippen LogP contribution in [0.2, 0.25) is 5.02 Å². The van der Waals surface area contributed by atoms with E-state index in [0.717, 1.165) is 0 Å². The van der Waals surface area contributed by atoms with Crippen molar-refractivity contribution in [3.63, 3.8) is 0 Å². The van der Waals surface area contributed by atoms with E-state index in [1.165, 1.54) is 24.4 Å². The van der Waals surface area contributed by atoms with Gasteiger partial charge in [-0.2, -0.15) is 0 Å². The maximum absolute atomic E-state index is 14.6. The lowest BCUT2D eigenvalue weighted by atomic mass is 10.0. The Balaban J connectivity index is 1.46. The summed E-state index contributed by atoms with van der Waals surface area (Å²) < 4.78 is 34.1. The highest BCUT2D eigenvalue weighted by molar-refractivity contribution is 6.33. The molecule has 0 bridgehead atoms. The van der Waals surface area contributed by atoms with Crippen molar-refractivity contribution < 1.29 is 23.4 Å². The van der Waals surface area contributed by atoms with Crippen molar-refractivity contribution in [2.45, 2.75) is 38.7 Å². The molecule has 1 amide bonds. The minimum absolute atomic E-state index is 0.0749. The molecule has 198 valence electrons. The fraction of sp³-hybridized carbons (Fsp3) is 0.259. The molecule has 0 unspecified atom stereocenters. The van der Waals surface area contributed by atoms with Gasteiger partial charge in [0.05, 0.1) is 17.2 Å². The van der Waals surface area contributed by atoms with Crippen molar-refractivity contribution in [2.24, 2.45) is 0 Å². The predicted molar refractivity (Wildman–Crippen MR) is 139 cm³/mol. The molecule has 0 aliphatic heterocycles. The second-order valence-electron chi connectivity index (χ2n) is 9.30. The molecule has 3 N–H and O–H groups in total. The second-order valence-corrected chi connectivity index (χ2v) is 9.68. The number of H-pyrrole nitrogens is 1. The minimum Gasteiger partial charge on any atom is -0.493 e. The molecular formula is C27H26ClF2N5O3. The van der Waals surface area contributed by atoms with Crippen LogP contribution >= 0.6 is 11.6 Å². The summed E-state index contributed by atoms with van der Waals surface area (Å²) in [5, 5.41) is 20.1. The largest absolute Gasteiger partial charge is 0.493 e. The molecule has 38 heavy (non-hydrogen) atoms. The van der Waals surface area contributed by atoms with Crippen LogP contribution in [0.5, 0.6) is 5.75 Å². The number of nitrogens with zero attached hydrogens (tertiary/aromatic N) is 3. The zero-order valence-corrected chi connectivity index (χ0v) is 21.5. The van der Waals surface area contributed by atoms with Gasteiger partial charge in [0.15, 0.2) is 0 Å². The molecule has 4 rings (SSSR count). The van der Waals surface area contributed by atoms with Crippen LogP contribution in [0.25, 0.3) is 11.1 Å². The third kappa shape index (κ3) is 7.11. The zero-order valence-electron chi connectivity index (χ0n) is 20.8. The molecule has 0 saturated carbocycles. The first-order valence-electron chi connectivity index (χ1n) is 11.9. The smallest absolute Gasteiger partial charge is 0.294 e. The number of benzene rings is 2. The predicted octanol–water partition coefficient (Wildman–Crippen LogP) is 5.57. The van der Waals surface area contributed by atoms with Crippen LogP contribution < -0.4 is 10.1 Å². The number of hydrogen-bond acceptors (Lipinski definition) is 6. The van der Waals surface area contributed by atoms with Gasteiger partial charge in [0.2, 0.25) is 5.82 Å². The Morgan fingerprint density at radius 3 is 2.68 bits per heavy atom. The SMILES string of the molecule is CC(C)(O)CCCOc1cc(F)c(Cl)c(-c2ccnc(NC(=O)c3nnc(Cc4ccccc4F)[nH]3)c2)c1. The van der Waals surface area contributed by atoms with Gasteiger partial charge in [0, 0.05) is 24.2 Å². The summed E-state index contributed by atoms with van der Waals surface area (Å²) in [6, 6.07) is 12.2. The average molecular weight is 542 g/mol. The van der Waals surface area contributed by atoms with E-state index < -0.39 is 17.3 Å². The van der Waals surface area contributed by atoms with E-state index in [-0.39, 0.29) is 41.3 Å². The molecule has 0 aliphatic rings. The van der Waals surface area contributed by atoms with E-state index in [4.69, 9.17) is 16.3 Å². The molecule has 0 fully saturated rings. The van der Waals surface area contributed by atoms with E-state index in [1.54, 1.807) is 44.2 Å². The summed E-state index contributed by atoms with van der Waals surface area (Å²) in [4.78, 5) is 19.6. The standard InChI is InChI=1S/C27H26ClF2N5O3/c1-27(2,37)9-5-11-38-18-14-19(24(28)21(30)15-18)16-8-10-31-22(12-16)33-26(36)25-32-23(34-35-25)13-17-6-3-4-7-20(17)29/h3-4,6-8,10,12,14-15,37H,5,9,11,13H2,1-2H3,(H,31,33,36)(H,32,34,35). The van der Waals surface area contributed by atoms with Crippen LogP contribution in [-0.4, -0.2) is 43.4 Å². The summed E-state index contributed by atoms with van der Waals surface area (Å²) in [7, 11) is 0. The van der Waals surface area contributed by atoms with Crippen LogP contribution in [0.1, 0.15) is 48.7 Å². The molecular weight excluding hydrogens is 516 g/mol. The van der Waals surface area contributed by atoms with E-state index in [2.05, 4.69) is 25.5 Å². The van der Waals surface area contributed by atoms with Gasteiger partial charge in [-0.25, -0.2) is 13.8 Å². The third-order valence-electron chi connectivity index (χ3n) is 5.58. The van der Waals surface area contributed by atoms with Crippen molar-refractivity contribution in [3.8, 4) is 16.9 Å². The molecule has 0 spiro atoms. The number of anilines is 1. The van der Waals surface area contributed by atoms with Gasteiger partial charge in [-0.05, 0) is 62.1 Å². The summed E-state index contributed by atoms with van der Waals surface area (Å²) in [6.45, 7) is 3.71. The lowest BCUT2D eigenvalue weighted by molar-refractivity contribution is 0.0641. The number of amides is 1. The van der Waals surface area contributed by atoms with Gasteiger partial charge in [-0.15, -0.1) is 10.2 Å². The van der Waals surface area contributed by atoms with Gasteiger partial charge in [0.1, 0.15) is 29.0 Å². The molecule has 2 aromatic heterocycles. The van der Waals surface area contributed by atoms with Crippen LogP contribution in [-0.2, 0) is 6.42 Å². The molecule has 0 radical (unpaired) electrons. The maximum Gasteiger partial charge on any atom is 0.294 e. The van der Waals surface area contributed by atoms with Gasteiger partial charge in [0.25, 0.3) is 5.91 Å². The Morgan fingerprint density at radius 1 is 1.13 bits per heavy atom. The lowest BCUT2D eigenvalue weighted by Crippen LogP contribution is -2.19. The van der Waals surface area contributed by atoms with Crippen molar-refractivity contribution in [1.82, 2.24) is 20.2 Å². The normalized spacial score (nSPS) is 11.4. The van der Waals surface area contributed by atoms with Crippen LogP contribution in [0.4, 0.5) is 14.6 Å². The quantitative estimate of drug-likeness (QED) is 0.226. The highest BCUT2D eigenvalue weighted by atomic mass is 35.5.